The van der Waals surface area contributed by atoms with E-state index in [9.17, 15) is 8.42 Å². The van der Waals surface area contributed by atoms with E-state index >= 15 is 0 Å². The molecular weight excluding hydrogens is 320 g/mol. The molecule has 132 valence electrons. The molecule has 24 heavy (non-hydrogen) atoms. The van der Waals surface area contributed by atoms with Crippen molar-refractivity contribution in [1.29, 1.82) is 0 Å². The summed E-state index contributed by atoms with van der Waals surface area (Å²) in [6.07, 6.45) is 4.06. The summed E-state index contributed by atoms with van der Waals surface area (Å²) in [5, 5.41) is 8.58. The third kappa shape index (κ3) is 3.81. The molecule has 2 rings (SSSR count). The second-order valence-electron chi connectivity index (χ2n) is 7.36. The van der Waals surface area contributed by atoms with Crippen molar-refractivity contribution < 1.29 is 13.5 Å². The van der Waals surface area contributed by atoms with Crippen molar-refractivity contribution >= 4 is 9.84 Å². The van der Waals surface area contributed by atoms with Gasteiger partial charge in [-0.3, -0.25) is 0 Å². The Morgan fingerprint density at radius 1 is 1.29 bits per heavy atom. The van der Waals surface area contributed by atoms with Crippen LogP contribution in [0.1, 0.15) is 47.0 Å². The predicted octanol–water partition coefficient (Wildman–Crippen LogP) is 4.29. The van der Waals surface area contributed by atoms with E-state index in [0.717, 1.165) is 24.0 Å². The van der Waals surface area contributed by atoms with Gasteiger partial charge in [0.1, 0.15) is 0 Å². The maximum atomic E-state index is 13.4. The van der Waals surface area contributed by atoms with Gasteiger partial charge in [-0.15, -0.1) is 0 Å². The van der Waals surface area contributed by atoms with Crippen LogP contribution in [0.15, 0.2) is 58.0 Å². The molecule has 0 fully saturated rings. The fourth-order valence-electron chi connectivity index (χ4n) is 3.73. The summed E-state index contributed by atoms with van der Waals surface area (Å²) in [4.78, 5) is 0.370. The highest BCUT2D eigenvalue weighted by Gasteiger charge is 2.41. The van der Waals surface area contributed by atoms with Crippen molar-refractivity contribution in [3.63, 3.8) is 0 Å². The minimum Gasteiger partial charge on any atom is -0.392 e. The lowest BCUT2D eigenvalue weighted by Crippen LogP contribution is -2.30. The van der Waals surface area contributed by atoms with Gasteiger partial charge < -0.3 is 5.11 Å². The monoisotopic (exact) mass is 348 g/mol. The summed E-state index contributed by atoms with van der Waals surface area (Å²) >= 11 is 0. The number of hydrogen-bond donors (Lipinski definition) is 1. The topological polar surface area (TPSA) is 54.4 Å². The first-order valence-electron chi connectivity index (χ1n) is 8.45. The third-order valence-corrected chi connectivity index (χ3v) is 7.11. The van der Waals surface area contributed by atoms with E-state index in [-0.39, 0.29) is 12.0 Å². The summed E-state index contributed by atoms with van der Waals surface area (Å²) < 4.78 is 26.7. The number of rotatable bonds is 6. The maximum Gasteiger partial charge on any atom is 0.185 e. The maximum absolute atomic E-state index is 13.4. The largest absolute Gasteiger partial charge is 0.392 e. The fourth-order valence-corrected chi connectivity index (χ4v) is 5.91. The van der Waals surface area contributed by atoms with E-state index in [2.05, 4.69) is 20.8 Å². The van der Waals surface area contributed by atoms with Crippen LogP contribution in [0.4, 0.5) is 0 Å². The van der Waals surface area contributed by atoms with Crippen molar-refractivity contribution in [2.75, 3.05) is 6.61 Å². The van der Waals surface area contributed by atoms with Crippen molar-refractivity contribution in [3.05, 3.63) is 53.1 Å². The Hall–Kier alpha value is -1.39. The van der Waals surface area contributed by atoms with Crippen LogP contribution in [0, 0.1) is 5.41 Å². The van der Waals surface area contributed by atoms with E-state index < -0.39 is 15.1 Å². The molecule has 0 amide bonds. The number of benzene rings is 1. The van der Waals surface area contributed by atoms with Crippen LogP contribution in [-0.2, 0) is 9.84 Å². The van der Waals surface area contributed by atoms with Crippen molar-refractivity contribution in [1.82, 2.24) is 0 Å². The van der Waals surface area contributed by atoms with E-state index in [4.69, 9.17) is 5.11 Å². The van der Waals surface area contributed by atoms with Gasteiger partial charge >= 0.3 is 0 Å². The molecule has 1 unspecified atom stereocenters. The molecule has 3 nitrogen and oxygen atoms in total. The Morgan fingerprint density at radius 3 is 2.42 bits per heavy atom. The number of hydrogen-bond acceptors (Lipinski definition) is 3. The first kappa shape index (κ1) is 18.9. The Bertz CT molecular complexity index is 740. The van der Waals surface area contributed by atoms with E-state index in [1.165, 1.54) is 5.57 Å². The molecule has 0 radical (unpaired) electrons. The molecular formula is C20H28O3S. The molecule has 4 heteroatoms. The van der Waals surface area contributed by atoms with Crippen LogP contribution in [0.25, 0.3) is 0 Å². The predicted molar refractivity (Wildman–Crippen MR) is 98.6 cm³/mol. The molecule has 0 aromatic heterocycles. The molecule has 0 aliphatic heterocycles. The smallest absolute Gasteiger partial charge is 0.185 e. The van der Waals surface area contributed by atoms with Gasteiger partial charge in [0.05, 0.1) is 16.8 Å². The highest BCUT2D eigenvalue weighted by Crippen LogP contribution is 2.47. The summed E-state index contributed by atoms with van der Waals surface area (Å²) in [5.74, 6) is 0. The van der Waals surface area contributed by atoms with Crippen molar-refractivity contribution in [2.24, 2.45) is 5.41 Å². The molecule has 0 saturated heterocycles. The van der Waals surface area contributed by atoms with Gasteiger partial charge in [0.2, 0.25) is 0 Å². The van der Waals surface area contributed by atoms with Gasteiger partial charge in [-0.2, -0.15) is 0 Å². The fraction of sp³-hybridized carbons (Fsp3) is 0.500. The van der Waals surface area contributed by atoms with Gasteiger partial charge in [-0.25, -0.2) is 8.42 Å². The van der Waals surface area contributed by atoms with Crippen molar-refractivity contribution in [2.45, 2.75) is 57.1 Å². The normalized spacial score (nSPS) is 19.6. The lowest BCUT2D eigenvalue weighted by Gasteiger charge is -2.30. The average Bonchev–Trinajstić information content (AvgIpc) is 2.79. The second-order valence-corrected chi connectivity index (χ2v) is 9.49. The molecule has 1 aromatic carbocycles. The summed E-state index contributed by atoms with van der Waals surface area (Å²) in [6.45, 7) is 8.16. The number of sulfone groups is 1. The van der Waals surface area contributed by atoms with E-state index in [1.807, 2.05) is 13.0 Å². The standard InChI is InChI=1S/C20H28O3S/c1-15(11-13-21)14-18(19-16(2)10-12-20(19,3)4)24(22,23)17-8-6-5-7-9-17/h5-9,11,18,21H,10,12-14H2,1-4H3. The van der Waals surface area contributed by atoms with Crippen molar-refractivity contribution in [3.8, 4) is 0 Å². The lowest BCUT2D eigenvalue weighted by molar-refractivity contribution is 0.341. The minimum absolute atomic E-state index is 0.0641. The minimum atomic E-state index is -3.48. The van der Waals surface area contributed by atoms with Gasteiger partial charge in [0.25, 0.3) is 0 Å². The molecule has 1 aromatic rings. The highest BCUT2D eigenvalue weighted by molar-refractivity contribution is 7.92. The van der Waals surface area contributed by atoms with Crippen LogP contribution < -0.4 is 0 Å². The molecule has 0 saturated carbocycles. The van der Waals surface area contributed by atoms with Crippen LogP contribution >= 0.6 is 0 Å². The number of allylic oxidation sites excluding steroid dienone is 2. The van der Waals surface area contributed by atoms with Gasteiger partial charge in [0.15, 0.2) is 9.84 Å². The van der Waals surface area contributed by atoms with Crippen LogP contribution in [0.2, 0.25) is 0 Å². The molecule has 1 aliphatic rings. The Labute approximate surface area is 146 Å². The van der Waals surface area contributed by atoms with Gasteiger partial charge in [-0.05, 0) is 56.2 Å². The van der Waals surface area contributed by atoms with Gasteiger partial charge in [0, 0.05) is 0 Å². The Morgan fingerprint density at radius 2 is 1.92 bits per heavy atom. The Kier molecular flexibility index (Phi) is 5.71. The quantitative estimate of drug-likeness (QED) is 0.780. The molecule has 1 atom stereocenters. The molecule has 0 heterocycles. The summed E-state index contributed by atoms with van der Waals surface area (Å²) in [5.41, 5.74) is 3.04. The highest BCUT2D eigenvalue weighted by atomic mass is 32.2. The first-order chi connectivity index (χ1) is 11.2. The Balaban J connectivity index is 2.56. The number of aliphatic hydroxyl groups excluding tert-OH is 1. The van der Waals surface area contributed by atoms with Gasteiger partial charge in [-0.1, -0.05) is 49.3 Å². The zero-order chi connectivity index (χ0) is 18.0. The SMILES string of the molecule is CC(=CCO)CC(C1=C(C)CCC1(C)C)S(=O)(=O)c1ccccc1. The van der Waals surface area contributed by atoms with Crippen LogP contribution in [0.3, 0.4) is 0 Å². The molecule has 0 spiro atoms. The third-order valence-electron chi connectivity index (χ3n) is 5.03. The summed E-state index contributed by atoms with van der Waals surface area (Å²) in [7, 11) is -3.48. The lowest BCUT2D eigenvalue weighted by atomic mass is 9.82. The van der Waals surface area contributed by atoms with E-state index in [1.54, 1.807) is 30.3 Å². The zero-order valence-corrected chi connectivity index (χ0v) is 15.9. The van der Waals surface area contributed by atoms with Crippen LogP contribution in [0.5, 0.6) is 0 Å². The summed E-state index contributed by atoms with van der Waals surface area (Å²) in [6, 6.07) is 8.70. The molecule has 1 aliphatic carbocycles. The molecule has 0 bridgehead atoms. The average molecular weight is 349 g/mol. The van der Waals surface area contributed by atoms with Crippen LogP contribution in [-0.4, -0.2) is 25.4 Å². The molecule has 1 N–H and O–H groups in total. The second kappa shape index (κ2) is 7.24. The first-order valence-corrected chi connectivity index (χ1v) is 10.0. The van der Waals surface area contributed by atoms with E-state index in [0.29, 0.717) is 11.3 Å². The number of aliphatic hydroxyl groups is 1. The zero-order valence-electron chi connectivity index (χ0n) is 15.0.